The quantitative estimate of drug-likeness (QED) is 0.746. The molecule has 1 saturated carbocycles. The average molecular weight is 251 g/mol. The van der Waals surface area contributed by atoms with Crippen molar-refractivity contribution in [3.05, 3.63) is 18.2 Å². The average Bonchev–Trinajstić information content (AvgIpc) is 3.00. The third-order valence-electron chi connectivity index (χ3n) is 3.46. The van der Waals surface area contributed by atoms with Crippen LogP contribution in [-0.2, 0) is 9.59 Å². The number of carbonyl (C=O) groups is 2. The van der Waals surface area contributed by atoms with Gasteiger partial charge in [0.25, 0.3) is 0 Å². The summed E-state index contributed by atoms with van der Waals surface area (Å²) in [5.41, 5.74) is 0. The number of aromatic nitrogens is 2. The summed E-state index contributed by atoms with van der Waals surface area (Å²) in [4.78, 5) is 30.1. The molecule has 2 rings (SSSR count). The highest BCUT2D eigenvalue weighted by molar-refractivity contribution is 5.85. The van der Waals surface area contributed by atoms with E-state index in [1.54, 1.807) is 12.4 Å². The van der Waals surface area contributed by atoms with Gasteiger partial charge in [0, 0.05) is 12.4 Å². The van der Waals surface area contributed by atoms with E-state index in [2.05, 4.69) is 15.3 Å². The number of hydrogen-bond acceptors (Lipinski definition) is 3. The largest absolute Gasteiger partial charge is 0.481 e. The maximum absolute atomic E-state index is 12.0. The third kappa shape index (κ3) is 2.52. The number of hydrogen-bond donors (Lipinski definition) is 3. The van der Waals surface area contributed by atoms with E-state index in [9.17, 15) is 9.59 Å². The van der Waals surface area contributed by atoms with Gasteiger partial charge in [0.2, 0.25) is 5.91 Å². The zero-order valence-corrected chi connectivity index (χ0v) is 10.2. The first-order valence-electron chi connectivity index (χ1n) is 6.12. The van der Waals surface area contributed by atoms with Gasteiger partial charge < -0.3 is 15.4 Å². The monoisotopic (exact) mass is 251 g/mol. The molecule has 6 nitrogen and oxygen atoms in total. The Kier molecular flexibility index (Phi) is 3.64. The molecule has 1 amide bonds. The first-order valence-corrected chi connectivity index (χ1v) is 6.12. The molecule has 18 heavy (non-hydrogen) atoms. The fraction of sp³-hybridized carbons (Fsp3) is 0.583. The summed E-state index contributed by atoms with van der Waals surface area (Å²) in [6.07, 6.45) is 5.33. The number of imidazole rings is 1. The molecule has 0 saturated heterocycles. The molecule has 1 heterocycles. The van der Waals surface area contributed by atoms with Gasteiger partial charge in [-0.05, 0) is 19.8 Å². The second-order valence-corrected chi connectivity index (χ2v) is 4.69. The highest BCUT2D eigenvalue weighted by atomic mass is 16.4. The summed E-state index contributed by atoms with van der Waals surface area (Å²) < 4.78 is 0. The number of carboxylic acids is 1. The molecule has 1 fully saturated rings. The molecule has 1 aliphatic carbocycles. The molecule has 1 aromatic rings. The SMILES string of the molecule is CC(NC(=O)[C@@H]1CCC[C@@H]1C(=O)O)c1ncc[nH]1. The van der Waals surface area contributed by atoms with E-state index in [-0.39, 0.29) is 11.9 Å². The van der Waals surface area contributed by atoms with Gasteiger partial charge in [-0.15, -0.1) is 0 Å². The van der Waals surface area contributed by atoms with Gasteiger partial charge in [-0.1, -0.05) is 6.42 Å². The van der Waals surface area contributed by atoms with Gasteiger partial charge in [0.1, 0.15) is 5.82 Å². The maximum Gasteiger partial charge on any atom is 0.307 e. The normalized spacial score (nSPS) is 24.7. The molecule has 1 aliphatic rings. The molecular weight excluding hydrogens is 234 g/mol. The second kappa shape index (κ2) is 5.20. The van der Waals surface area contributed by atoms with Gasteiger partial charge >= 0.3 is 5.97 Å². The smallest absolute Gasteiger partial charge is 0.307 e. The molecule has 3 N–H and O–H groups in total. The van der Waals surface area contributed by atoms with Gasteiger partial charge in [-0.2, -0.15) is 0 Å². The number of aromatic amines is 1. The number of H-pyrrole nitrogens is 1. The van der Waals surface area contributed by atoms with E-state index in [0.717, 1.165) is 6.42 Å². The maximum atomic E-state index is 12.0. The summed E-state index contributed by atoms with van der Waals surface area (Å²) in [5.74, 6) is -1.36. The Morgan fingerprint density at radius 1 is 1.50 bits per heavy atom. The van der Waals surface area contributed by atoms with Crippen LogP contribution in [0.25, 0.3) is 0 Å². The molecule has 0 radical (unpaired) electrons. The van der Waals surface area contributed by atoms with Crippen LogP contribution >= 0.6 is 0 Å². The van der Waals surface area contributed by atoms with Crippen LogP contribution in [0.5, 0.6) is 0 Å². The number of carbonyl (C=O) groups excluding carboxylic acids is 1. The summed E-state index contributed by atoms with van der Waals surface area (Å²) >= 11 is 0. The van der Waals surface area contributed by atoms with Crippen LogP contribution in [0.15, 0.2) is 12.4 Å². The predicted molar refractivity (Wildman–Crippen MR) is 63.6 cm³/mol. The number of aliphatic carboxylic acids is 1. The molecule has 0 aromatic carbocycles. The summed E-state index contributed by atoms with van der Waals surface area (Å²) in [6.45, 7) is 1.82. The van der Waals surface area contributed by atoms with Gasteiger partial charge in [-0.25, -0.2) is 4.98 Å². The van der Waals surface area contributed by atoms with Gasteiger partial charge in [-0.3, -0.25) is 9.59 Å². The summed E-state index contributed by atoms with van der Waals surface area (Å²) in [5, 5.41) is 11.9. The number of amides is 1. The summed E-state index contributed by atoms with van der Waals surface area (Å²) in [7, 11) is 0. The lowest BCUT2D eigenvalue weighted by molar-refractivity contribution is -0.146. The van der Waals surface area contributed by atoms with Crippen molar-refractivity contribution in [2.24, 2.45) is 11.8 Å². The van der Waals surface area contributed by atoms with E-state index in [1.807, 2.05) is 6.92 Å². The summed E-state index contributed by atoms with van der Waals surface area (Å²) in [6, 6.07) is -0.234. The van der Waals surface area contributed by atoms with Crippen molar-refractivity contribution in [3.63, 3.8) is 0 Å². The van der Waals surface area contributed by atoms with Crippen molar-refractivity contribution >= 4 is 11.9 Å². The highest BCUT2D eigenvalue weighted by Gasteiger charge is 2.38. The van der Waals surface area contributed by atoms with Crippen molar-refractivity contribution in [2.75, 3.05) is 0 Å². The van der Waals surface area contributed by atoms with Crippen molar-refractivity contribution in [1.29, 1.82) is 0 Å². The highest BCUT2D eigenvalue weighted by Crippen LogP contribution is 2.32. The van der Waals surface area contributed by atoms with E-state index >= 15 is 0 Å². The first-order chi connectivity index (χ1) is 8.59. The second-order valence-electron chi connectivity index (χ2n) is 4.69. The molecule has 6 heteroatoms. The van der Waals surface area contributed by atoms with Crippen LogP contribution in [-0.4, -0.2) is 27.0 Å². The molecular formula is C12H17N3O3. The van der Waals surface area contributed by atoms with Crippen molar-refractivity contribution < 1.29 is 14.7 Å². The lowest BCUT2D eigenvalue weighted by Gasteiger charge is -2.18. The first kappa shape index (κ1) is 12.6. The minimum atomic E-state index is -0.877. The molecule has 98 valence electrons. The van der Waals surface area contributed by atoms with E-state index in [1.165, 1.54) is 0 Å². The Hall–Kier alpha value is -1.85. The minimum absolute atomic E-state index is 0.191. The topological polar surface area (TPSA) is 95.1 Å². The van der Waals surface area contributed by atoms with Crippen LogP contribution in [0.2, 0.25) is 0 Å². The Labute approximate surface area is 105 Å². The lowest BCUT2D eigenvalue weighted by atomic mass is 9.95. The van der Waals surface area contributed by atoms with Gasteiger partial charge in [0.05, 0.1) is 17.9 Å². The number of rotatable bonds is 4. The van der Waals surface area contributed by atoms with E-state index in [4.69, 9.17) is 5.11 Å². The Morgan fingerprint density at radius 3 is 2.83 bits per heavy atom. The molecule has 0 aliphatic heterocycles. The van der Waals surface area contributed by atoms with Crippen LogP contribution < -0.4 is 5.32 Å². The Balaban J connectivity index is 1.97. The number of nitrogens with zero attached hydrogens (tertiary/aromatic N) is 1. The number of carboxylic acid groups (broad SMARTS) is 1. The minimum Gasteiger partial charge on any atom is -0.481 e. The molecule has 3 atom stereocenters. The van der Waals surface area contributed by atoms with Crippen LogP contribution in [0.4, 0.5) is 0 Å². The molecule has 0 spiro atoms. The predicted octanol–water partition coefficient (Wildman–Crippen LogP) is 1.09. The van der Waals surface area contributed by atoms with Crippen LogP contribution in [0.1, 0.15) is 38.1 Å². The van der Waals surface area contributed by atoms with Crippen molar-refractivity contribution in [2.45, 2.75) is 32.2 Å². The molecule has 1 aromatic heterocycles. The standard InChI is InChI=1S/C12H17N3O3/c1-7(10-13-5-6-14-10)15-11(16)8-3-2-4-9(8)12(17)18/h5-9H,2-4H2,1H3,(H,13,14)(H,15,16)(H,17,18)/t7?,8-,9+/m1/s1. The fourth-order valence-corrected chi connectivity index (χ4v) is 2.47. The van der Waals surface area contributed by atoms with E-state index < -0.39 is 17.8 Å². The zero-order chi connectivity index (χ0) is 13.1. The lowest BCUT2D eigenvalue weighted by Crippen LogP contribution is -2.36. The molecule has 1 unspecified atom stereocenters. The van der Waals surface area contributed by atoms with Crippen molar-refractivity contribution in [3.8, 4) is 0 Å². The van der Waals surface area contributed by atoms with Gasteiger partial charge in [0.15, 0.2) is 0 Å². The fourth-order valence-electron chi connectivity index (χ4n) is 2.47. The zero-order valence-electron chi connectivity index (χ0n) is 10.2. The molecule has 0 bridgehead atoms. The van der Waals surface area contributed by atoms with E-state index in [0.29, 0.717) is 18.7 Å². The third-order valence-corrected chi connectivity index (χ3v) is 3.46. The number of nitrogens with one attached hydrogen (secondary N) is 2. The van der Waals surface area contributed by atoms with Crippen LogP contribution in [0, 0.1) is 11.8 Å². The van der Waals surface area contributed by atoms with Crippen LogP contribution in [0.3, 0.4) is 0 Å². The van der Waals surface area contributed by atoms with Crippen molar-refractivity contribution in [1.82, 2.24) is 15.3 Å². The Bertz CT molecular complexity index is 430. The Morgan fingerprint density at radius 2 is 2.22 bits per heavy atom.